The topological polar surface area (TPSA) is 43.8 Å². The third kappa shape index (κ3) is 5.54. The molecule has 0 rings (SSSR count). The van der Waals surface area contributed by atoms with Gasteiger partial charge in [-0.25, -0.2) is 4.79 Å². The van der Waals surface area contributed by atoms with Crippen LogP contribution in [-0.4, -0.2) is 62.2 Å². The maximum absolute atomic E-state index is 11.0. The summed E-state index contributed by atoms with van der Waals surface area (Å²) in [5, 5.41) is 9.06. The van der Waals surface area contributed by atoms with Crippen LogP contribution in [0.1, 0.15) is 6.92 Å². The number of allylic oxidation sites excluding steroid dienone is 1. The van der Waals surface area contributed by atoms with E-state index in [0.717, 1.165) is 13.1 Å². The molecule has 0 bridgehead atoms. The molecule has 0 aliphatic carbocycles. The Morgan fingerprint density at radius 1 is 1.20 bits per heavy atom. The minimum Gasteiger partial charge on any atom is -0.478 e. The van der Waals surface area contributed by atoms with Gasteiger partial charge in [0.25, 0.3) is 0 Å². The van der Waals surface area contributed by atoms with E-state index in [0.29, 0.717) is 5.57 Å². The van der Waals surface area contributed by atoms with Gasteiger partial charge in [-0.15, -0.1) is 0 Å². The Kier molecular flexibility index (Phi) is 6.20. The highest BCUT2D eigenvalue weighted by atomic mass is 16.4. The number of carbonyl (C=O) groups is 1. The molecule has 0 amide bonds. The van der Waals surface area contributed by atoms with Crippen LogP contribution in [0.15, 0.2) is 11.6 Å². The van der Waals surface area contributed by atoms with Crippen LogP contribution in [0.3, 0.4) is 0 Å². The lowest BCUT2D eigenvalue weighted by atomic mass is 9.98. The van der Waals surface area contributed by atoms with E-state index in [1.807, 2.05) is 38.0 Å². The molecule has 0 atom stereocenters. The van der Waals surface area contributed by atoms with E-state index >= 15 is 0 Å². The number of carboxylic acids is 1. The largest absolute Gasteiger partial charge is 0.478 e. The lowest BCUT2D eigenvalue weighted by Crippen LogP contribution is -2.33. The van der Waals surface area contributed by atoms with Gasteiger partial charge in [0, 0.05) is 24.6 Å². The van der Waals surface area contributed by atoms with E-state index in [1.54, 1.807) is 13.0 Å². The number of nitrogens with zero attached hydrogens (tertiary/aromatic N) is 2. The molecule has 0 aromatic heterocycles. The predicted molar refractivity (Wildman–Crippen MR) is 62.0 cm³/mol. The molecule has 4 nitrogen and oxygen atoms in total. The lowest BCUT2D eigenvalue weighted by molar-refractivity contribution is -0.133. The summed E-state index contributed by atoms with van der Waals surface area (Å²) in [4.78, 5) is 15.1. The van der Waals surface area contributed by atoms with Crippen molar-refractivity contribution in [3.05, 3.63) is 11.6 Å². The molecule has 0 unspecified atom stereocenters. The van der Waals surface area contributed by atoms with Gasteiger partial charge in [-0.05, 0) is 35.1 Å². The third-order valence-corrected chi connectivity index (χ3v) is 2.17. The maximum atomic E-state index is 11.0. The monoisotopic (exact) mass is 214 g/mol. The molecule has 0 aliphatic rings. The van der Waals surface area contributed by atoms with Crippen LogP contribution >= 0.6 is 0 Å². The SMILES string of the molecule is CC=C(C(=O)O)C(CN(C)C)CN(C)C. The Hall–Kier alpha value is -0.870. The molecule has 0 saturated heterocycles. The van der Waals surface area contributed by atoms with Crippen LogP contribution in [0.5, 0.6) is 0 Å². The van der Waals surface area contributed by atoms with Crippen LogP contribution in [0.2, 0.25) is 0 Å². The van der Waals surface area contributed by atoms with Crippen LogP contribution in [0, 0.1) is 5.92 Å². The van der Waals surface area contributed by atoms with Crippen LogP contribution < -0.4 is 0 Å². The van der Waals surface area contributed by atoms with Crippen molar-refractivity contribution in [3.63, 3.8) is 0 Å². The fraction of sp³-hybridized carbons (Fsp3) is 0.727. The molecule has 0 fully saturated rings. The molecule has 88 valence electrons. The molecular weight excluding hydrogens is 192 g/mol. The summed E-state index contributed by atoms with van der Waals surface area (Å²) >= 11 is 0. The highest BCUT2D eigenvalue weighted by Gasteiger charge is 2.20. The normalized spacial score (nSPS) is 12.9. The quantitative estimate of drug-likeness (QED) is 0.663. The predicted octanol–water partition coefficient (Wildman–Crippen LogP) is 0.757. The number of hydrogen-bond acceptors (Lipinski definition) is 3. The zero-order valence-corrected chi connectivity index (χ0v) is 10.3. The summed E-state index contributed by atoms with van der Waals surface area (Å²) in [6.07, 6.45) is 1.69. The van der Waals surface area contributed by atoms with E-state index < -0.39 is 5.97 Å². The summed E-state index contributed by atoms with van der Waals surface area (Å²) in [6.45, 7) is 3.29. The van der Waals surface area contributed by atoms with Crippen molar-refractivity contribution < 1.29 is 9.90 Å². The number of carboxylic acid groups (broad SMARTS) is 1. The summed E-state index contributed by atoms with van der Waals surface area (Å²) in [6, 6.07) is 0. The number of aliphatic carboxylic acids is 1. The van der Waals surface area contributed by atoms with Crippen molar-refractivity contribution in [2.45, 2.75) is 6.92 Å². The fourth-order valence-electron chi connectivity index (χ4n) is 1.67. The molecule has 0 aliphatic heterocycles. The molecule has 0 radical (unpaired) electrons. The van der Waals surface area contributed by atoms with Crippen LogP contribution in [0.4, 0.5) is 0 Å². The zero-order chi connectivity index (χ0) is 12.0. The minimum absolute atomic E-state index is 0.0532. The van der Waals surface area contributed by atoms with Crippen molar-refractivity contribution in [1.82, 2.24) is 9.80 Å². The first kappa shape index (κ1) is 14.1. The molecule has 0 aromatic rings. The molecular formula is C11H22N2O2. The molecule has 15 heavy (non-hydrogen) atoms. The lowest BCUT2D eigenvalue weighted by Gasteiger charge is -2.24. The van der Waals surface area contributed by atoms with Crippen LogP contribution in [-0.2, 0) is 4.79 Å². The first-order chi connectivity index (χ1) is 6.88. The van der Waals surface area contributed by atoms with Crippen molar-refractivity contribution >= 4 is 5.97 Å². The summed E-state index contributed by atoms with van der Waals surface area (Å²) in [5.41, 5.74) is 0.498. The average molecular weight is 214 g/mol. The summed E-state index contributed by atoms with van der Waals surface area (Å²) in [7, 11) is 7.82. The van der Waals surface area contributed by atoms with Crippen molar-refractivity contribution in [3.8, 4) is 0 Å². The van der Waals surface area contributed by atoms with E-state index in [9.17, 15) is 4.79 Å². The Labute approximate surface area is 92.2 Å². The second kappa shape index (κ2) is 6.58. The summed E-state index contributed by atoms with van der Waals surface area (Å²) < 4.78 is 0. The van der Waals surface area contributed by atoms with Gasteiger partial charge in [0.05, 0.1) is 0 Å². The molecule has 0 spiro atoms. The highest BCUT2D eigenvalue weighted by molar-refractivity contribution is 5.87. The van der Waals surface area contributed by atoms with Gasteiger partial charge >= 0.3 is 5.97 Å². The molecule has 1 N–H and O–H groups in total. The Morgan fingerprint density at radius 3 is 1.80 bits per heavy atom. The first-order valence-corrected chi connectivity index (χ1v) is 5.07. The molecule has 4 heteroatoms. The average Bonchev–Trinajstić information content (AvgIpc) is 2.01. The molecule has 0 saturated carbocycles. The third-order valence-electron chi connectivity index (χ3n) is 2.17. The van der Waals surface area contributed by atoms with Gasteiger partial charge in [0.15, 0.2) is 0 Å². The van der Waals surface area contributed by atoms with Crippen LogP contribution in [0.25, 0.3) is 0 Å². The Balaban J connectivity index is 4.67. The maximum Gasteiger partial charge on any atom is 0.331 e. The second-order valence-corrected chi connectivity index (χ2v) is 4.27. The number of rotatable bonds is 6. The van der Waals surface area contributed by atoms with Gasteiger partial charge in [0.2, 0.25) is 0 Å². The second-order valence-electron chi connectivity index (χ2n) is 4.27. The highest BCUT2D eigenvalue weighted by Crippen LogP contribution is 2.13. The van der Waals surface area contributed by atoms with Gasteiger partial charge in [0.1, 0.15) is 0 Å². The minimum atomic E-state index is -0.814. The van der Waals surface area contributed by atoms with Crippen molar-refractivity contribution in [2.24, 2.45) is 5.92 Å². The smallest absolute Gasteiger partial charge is 0.331 e. The Bertz CT molecular complexity index is 225. The number of hydrogen-bond donors (Lipinski definition) is 1. The molecule has 0 heterocycles. The Morgan fingerprint density at radius 2 is 1.60 bits per heavy atom. The fourth-order valence-corrected chi connectivity index (χ4v) is 1.67. The van der Waals surface area contributed by atoms with Gasteiger partial charge in [-0.2, -0.15) is 0 Å². The van der Waals surface area contributed by atoms with E-state index in [4.69, 9.17) is 5.11 Å². The van der Waals surface area contributed by atoms with E-state index in [1.165, 1.54) is 0 Å². The first-order valence-electron chi connectivity index (χ1n) is 5.07. The van der Waals surface area contributed by atoms with Crippen molar-refractivity contribution in [1.29, 1.82) is 0 Å². The molecule has 0 aromatic carbocycles. The van der Waals surface area contributed by atoms with Gasteiger partial charge in [-0.1, -0.05) is 6.08 Å². The standard InChI is InChI=1S/C11H22N2O2/c1-6-10(11(14)15)9(7-12(2)3)8-13(4)5/h6,9H,7-8H2,1-5H3,(H,14,15). The van der Waals surface area contributed by atoms with E-state index in [-0.39, 0.29) is 5.92 Å². The van der Waals surface area contributed by atoms with Gasteiger partial charge in [-0.3, -0.25) is 0 Å². The van der Waals surface area contributed by atoms with Crippen molar-refractivity contribution in [2.75, 3.05) is 41.3 Å². The zero-order valence-electron chi connectivity index (χ0n) is 10.3. The van der Waals surface area contributed by atoms with E-state index in [2.05, 4.69) is 0 Å². The summed E-state index contributed by atoms with van der Waals surface area (Å²) in [5.74, 6) is -0.760. The van der Waals surface area contributed by atoms with Gasteiger partial charge < -0.3 is 14.9 Å².